The third-order valence-electron chi connectivity index (χ3n) is 3.18. The van der Waals surface area contributed by atoms with Crippen LogP contribution in [0.1, 0.15) is 10.4 Å². The number of hydrogen-bond donors (Lipinski definition) is 1. The lowest BCUT2D eigenvalue weighted by Crippen LogP contribution is -2.12. The fourth-order valence-electron chi connectivity index (χ4n) is 2.08. The van der Waals surface area contributed by atoms with Gasteiger partial charge in [-0.25, -0.2) is 0 Å². The molecule has 0 saturated heterocycles. The fourth-order valence-corrected chi connectivity index (χ4v) is 2.63. The predicted molar refractivity (Wildman–Crippen MR) is 84.9 cm³/mol. The molecule has 0 bridgehead atoms. The van der Waals surface area contributed by atoms with Crippen molar-refractivity contribution < 1.29 is 14.3 Å². The molecule has 3 aromatic rings. The van der Waals surface area contributed by atoms with Crippen LogP contribution in [-0.2, 0) is 0 Å². The van der Waals surface area contributed by atoms with E-state index in [1.54, 1.807) is 31.4 Å². The van der Waals surface area contributed by atoms with E-state index < -0.39 is 0 Å². The summed E-state index contributed by atoms with van der Waals surface area (Å²) in [6.07, 6.45) is 0. The molecule has 0 unspecified atom stereocenters. The van der Waals surface area contributed by atoms with Crippen LogP contribution in [0.3, 0.4) is 0 Å². The van der Waals surface area contributed by atoms with Crippen LogP contribution in [0.25, 0.3) is 11.0 Å². The summed E-state index contributed by atoms with van der Waals surface area (Å²) in [7, 11) is 3.08. The summed E-state index contributed by atoms with van der Waals surface area (Å²) in [5.41, 5.74) is 2.54. The van der Waals surface area contributed by atoms with E-state index in [-0.39, 0.29) is 5.91 Å². The number of fused-ring (bicyclic) bond motifs is 1. The van der Waals surface area contributed by atoms with Gasteiger partial charge < -0.3 is 14.8 Å². The van der Waals surface area contributed by atoms with Gasteiger partial charge in [-0.1, -0.05) is 6.07 Å². The van der Waals surface area contributed by atoms with Gasteiger partial charge in [-0.2, -0.15) is 8.75 Å². The molecule has 1 amide bonds. The molecule has 22 heavy (non-hydrogen) atoms. The lowest BCUT2D eigenvalue weighted by Gasteiger charge is -2.10. The lowest BCUT2D eigenvalue weighted by molar-refractivity contribution is 0.102. The molecule has 0 aliphatic heterocycles. The molecule has 3 rings (SSSR count). The highest BCUT2D eigenvalue weighted by atomic mass is 32.1. The van der Waals surface area contributed by atoms with Crippen LogP contribution in [0.5, 0.6) is 11.5 Å². The second kappa shape index (κ2) is 5.98. The Balaban J connectivity index is 1.90. The maximum Gasteiger partial charge on any atom is 0.255 e. The standard InChI is InChI=1S/C15H13N3O3S/c1-20-12-7-6-9(8-13(12)21-2)15(19)16-10-4-3-5-11-14(10)18-22-17-11/h3-8H,1-2H3,(H,16,19). The van der Waals surface area contributed by atoms with E-state index in [1.165, 1.54) is 7.11 Å². The zero-order valence-corrected chi connectivity index (χ0v) is 12.8. The molecule has 112 valence electrons. The average molecular weight is 315 g/mol. The van der Waals surface area contributed by atoms with E-state index in [0.717, 1.165) is 17.2 Å². The fraction of sp³-hybridized carbons (Fsp3) is 0.133. The molecule has 0 fully saturated rings. The Morgan fingerprint density at radius 3 is 2.68 bits per heavy atom. The number of aromatic nitrogens is 2. The van der Waals surface area contributed by atoms with Gasteiger partial charge in [0, 0.05) is 5.56 Å². The number of ether oxygens (including phenoxy) is 2. The van der Waals surface area contributed by atoms with Crippen molar-refractivity contribution in [2.24, 2.45) is 0 Å². The maximum absolute atomic E-state index is 12.4. The van der Waals surface area contributed by atoms with Crippen LogP contribution in [0.15, 0.2) is 36.4 Å². The van der Waals surface area contributed by atoms with E-state index in [4.69, 9.17) is 9.47 Å². The smallest absolute Gasteiger partial charge is 0.255 e. The molecule has 0 aliphatic rings. The first-order valence-corrected chi connectivity index (χ1v) is 7.20. The summed E-state index contributed by atoms with van der Waals surface area (Å²) in [6.45, 7) is 0. The number of carbonyl (C=O) groups is 1. The SMILES string of the molecule is COc1ccc(C(=O)Nc2cccc3nsnc23)cc1OC. The second-order valence-corrected chi connectivity index (χ2v) is 4.99. The number of hydrogen-bond acceptors (Lipinski definition) is 6. The molecule has 7 heteroatoms. The van der Waals surface area contributed by atoms with E-state index >= 15 is 0 Å². The topological polar surface area (TPSA) is 73.3 Å². The molecule has 2 aromatic carbocycles. The summed E-state index contributed by atoms with van der Waals surface area (Å²) in [5.74, 6) is 0.829. The third-order valence-corrected chi connectivity index (χ3v) is 3.72. The number of nitrogens with one attached hydrogen (secondary N) is 1. The van der Waals surface area contributed by atoms with Gasteiger partial charge in [0.1, 0.15) is 11.0 Å². The van der Waals surface area contributed by atoms with Crippen LogP contribution in [0.4, 0.5) is 5.69 Å². The molecule has 6 nitrogen and oxygen atoms in total. The minimum atomic E-state index is -0.249. The highest BCUT2D eigenvalue weighted by Crippen LogP contribution is 2.28. The van der Waals surface area contributed by atoms with Gasteiger partial charge in [-0.3, -0.25) is 4.79 Å². The Labute approximate surface area is 131 Å². The van der Waals surface area contributed by atoms with Crippen LogP contribution in [0, 0.1) is 0 Å². The zero-order chi connectivity index (χ0) is 15.5. The van der Waals surface area contributed by atoms with Crippen LogP contribution in [-0.4, -0.2) is 28.9 Å². The summed E-state index contributed by atoms with van der Waals surface area (Å²) >= 11 is 1.11. The molecule has 0 radical (unpaired) electrons. The highest BCUT2D eigenvalue weighted by Gasteiger charge is 2.13. The van der Waals surface area contributed by atoms with Crippen LogP contribution in [0.2, 0.25) is 0 Å². The maximum atomic E-state index is 12.4. The Morgan fingerprint density at radius 2 is 1.91 bits per heavy atom. The number of benzene rings is 2. The molecule has 1 heterocycles. The van der Waals surface area contributed by atoms with Gasteiger partial charge in [0.15, 0.2) is 11.5 Å². The summed E-state index contributed by atoms with van der Waals surface area (Å²) in [4.78, 5) is 12.4. The summed E-state index contributed by atoms with van der Waals surface area (Å²) in [5, 5.41) is 2.84. The molecule has 0 saturated carbocycles. The molecule has 1 N–H and O–H groups in total. The van der Waals surface area contributed by atoms with Crippen LogP contribution >= 0.6 is 11.7 Å². The summed E-state index contributed by atoms with van der Waals surface area (Å²) in [6, 6.07) is 10.5. The molecular formula is C15H13N3O3S. The Hall–Kier alpha value is -2.67. The molecule has 0 spiro atoms. The minimum absolute atomic E-state index is 0.249. The molecular weight excluding hydrogens is 302 g/mol. The lowest BCUT2D eigenvalue weighted by atomic mass is 10.1. The van der Waals surface area contributed by atoms with E-state index in [9.17, 15) is 4.79 Å². The van der Waals surface area contributed by atoms with Gasteiger partial charge in [0.2, 0.25) is 0 Å². The number of carbonyl (C=O) groups excluding carboxylic acids is 1. The number of methoxy groups -OCH3 is 2. The highest BCUT2D eigenvalue weighted by molar-refractivity contribution is 7.00. The van der Waals surface area contributed by atoms with Crippen molar-refractivity contribution in [2.75, 3.05) is 19.5 Å². The van der Waals surface area contributed by atoms with E-state index in [0.29, 0.717) is 28.3 Å². The number of rotatable bonds is 4. The largest absolute Gasteiger partial charge is 0.493 e. The van der Waals surface area contributed by atoms with Gasteiger partial charge >= 0.3 is 0 Å². The van der Waals surface area contributed by atoms with Crippen molar-refractivity contribution in [3.05, 3.63) is 42.0 Å². The van der Waals surface area contributed by atoms with Gasteiger partial charge in [-0.15, -0.1) is 0 Å². The zero-order valence-electron chi connectivity index (χ0n) is 12.0. The number of nitrogens with zero attached hydrogens (tertiary/aromatic N) is 2. The van der Waals surface area contributed by atoms with E-state index in [1.807, 2.05) is 12.1 Å². The monoisotopic (exact) mass is 315 g/mol. The van der Waals surface area contributed by atoms with Gasteiger partial charge in [-0.05, 0) is 30.3 Å². The van der Waals surface area contributed by atoms with Crippen molar-refractivity contribution in [1.82, 2.24) is 8.75 Å². The second-order valence-electron chi connectivity index (χ2n) is 4.46. The predicted octanol–water partition coefficient (Wildman–Crippen LogP) is 2.96. The van der Waals surface area contributed by atoms with Crippen molar-refractivity contribution in [3.63, 3.8) is 0 Å². The van der Waals surface area contributed by atoms with Crippen LogP contribution < -0.4 is 14.8 Å². The number of anilines is 1. The van der Waals surface area contributed by atoms with Crippen molar-refractivity contribution in [3.8, 4) is 11.5 Å². The quantitative estimate of drug-likeness (QED) is 0.801. The van der Waals surface area contributed by atoms with Gasteiger partial charge in [0.05, 0.1) is 31.6 Å². The first kappa shape index (κ1) is 14.3. The first-order valence-electron chi connectivity index (χ1n) is 6.47. The van der Waals surface area contributed by atoms with Crippen molar-refractivity contribution >= 4 is 34.4 Å². The third kappa shape index (κ3) is 2.58. The van der Waals surface area contributed by atoms with Crippen molar-refractivity contribution in [1.29, 1.82) is 0 Å². The first-order chi connectivity index (χ1) is 10.7. The number of amides is 1. The van der Waals surface area contributed by atoms with E-state index in [2.05, 4.69) is 14.1 Å². The minimum Gasteiger partial charge on any atom is -0.493 e. The molecule has 0 atom stereocenters. The van der Waals surface area contributed by atoms with Crippen molar-refractivity contribution in [2.45, 2.75) is 0 Å². The normalized spacial score (nSPS) is 10.5. The Bertz CT molecular complexity index is 832. The Morgan fingerprint density at radius 1 is 1.09 bits per heavy atom. The Kier molecular flexibility index (Phi) is 3.88. The molecule has 1 aromatic heterocycles. The summed E-state index contributed by atoms with van der Waals surface area (Å²) < 4.78 is 18.7. The van der Waals surface area contributed by atoms with Gasteiger partial charge in [0.25, 0.3) is 5.91 Å². The average Bonchev–Trinajstić information content (AvgIpc) is 3.03. The molecule has 0 aliphatic carbocycles.